The third-order valence-electron chi connectivity index (χ3n) is 3.07. The zero-order valence-corrected chi connectivity index (χ0v) is 12.3. The maximum atomic E-state index is 9.91. The predicted molar refractivity (Wildman–Crippen MR) is 82.1 cm³/mol. The highest BCUT2D eigenvalue weighted by molar-refractivity contribution is 5.50. The van der Waals surface area contributed by atoms with Gasteiger partial charge < -0.3 is 5.11 Å². The Labute approximate surface area is 124 Å². The van der Waals surface area contributed by atoms with E-state index in [2.05, 4.69) is 16.3 Å². The SMILES string of the molecule is CC(C)(C)c1cc(N=Nc2ccc(C#N)cc2)ccc1O. The Morgan fingerprint density at radius 2 is 1.52 bits per heavy atom. The van der Waals surface area contributed by atoms with Gasteiger partial charge in [0.2, 0.25) is 0 Å². The van der Waals surface area contributed by atoms with Crippen molar-refractivity contribution in [1.29, 1.82) is 5.26 Å². The van der Waals surface area contributed by atoms with E-state index >= 15 is 0 Å². The number of hydrogen-bond acceptors (Lipinski definition) is 4. The molecule has 0 aliphatic rings. The van der Waals surface area contributed by atoms with E-state index in [-0.39, 0.29) is 11.2 Å². The Hall–Kier alpha value is -2.67. The summed E-state index contributed by atoms with van der Waals surface area (Å²) in [7, 11) is 0. The molecule has 2 aromatic rings. The molecule has 0 spiro atoms. The van der Waals surface area contributed by atoms with Crippen molar-refractivity contribution in [2.75, 3.05) is 0 Å². The summed E-state index contributed by atoms with van der Waals surface area (Å²) in [5.74, 6) is 0.264. The highest BCUT2D eigenvalue weighted by Crippen LogP contribution is 2.33. The van der Waals surface area contributed by atoms with Gasteiger partial charge in [-0.2, -0.15) is 15.5 Å². The maximum Gasteiger partial charge on any atom is 0.119 e. The molecule has 0 aliphatic heterocycles. The number of aromatic hydroxyl groups is 1. The van der Waals surface area contributed by atoms with Gasteiger partial charge in [0.15, 0.2) is 0 Å². The molecule has 0 bridgehead atoms. The third-order valence-corrected chi connectivity index (χ3v) is 3.07. The number of phenols is 1. The number of azo groups is 1. The van der Waals surface area contributed by atoms with Crippen LogP contribution in [0.2, 0.25) is 0 Å². The lowest BCUT2D eigenvalue weighted by Crippen LogP contribution is -2.10. The Morgan fingerprint density at radius 1 is 0.952 bits per heavy atom. The molecule has 1 N–H and O–H groups in total. The van der Waals surface area contributed by atoms with Crippen molar-refractivity contribution in [3.63, 3.8) is 0 Å². The molecule has 0 aliphatic carbocycles. The molecular weight excluding hydrogens is 262 g/mol. The first-order valence-electron chi connectivity index (χ1n) is 6.65. The molecular formula is C17H17N3O. The summed E-state index contributed by atoms with van der Waals surface area (Å²) < 4.78 is 0. The van der Waals surface area contributed by atoms with Crippen LogP contribution in [0.25, 0.3) is 0 Å². The molecule has 21 heavy (non-hydrogen) atoms. The number of benzene rings is 2. The van der Waals surface area contributed by atoms with Gasteiger partial charge >= 0.3 is 0 Å². The minimum atomic E-state index is -0.163. The average molecular weight is 279 g/mol. The smallest absolute Gasteiger partial charge is 0.119 e. The van der Waals surface area contributed by atoms with Crippen LogP contribution in [-0.4, -0.2) is 5.11 Å². The lowest BCUT2D eigenvalue weighted by molar-refractivity contribution is 0.447. The highest BCUT2D eigenvalue weighted by atomic mass is 16.3. The number of rotatable bonds is 2. The van der Waals surface area contributed by atoms with Crippen LogP contribution in [0.3, 0.4) is 0 Å². The molecule has 4 heteroatoms. The standard InChI is InChI=1S/C17H17N3O/c1-17(2,3)15-10-14(8-9-16(15)21)20-19-13-6-4-12(11-18)5-7-13/h4-10,21H,1-3H3. The fraction of sp³-hybridized carbons (Fsp3) is 0.235. The first kappa shape index (κ1) is 14.7. The summed E-state index contributed by atoms with van der Waals surface area (Å²) >= 11 is 0. The van der Waals surface area contributed by atoms with Crippen molar-refractivity contribution in [3.05, 3.63) is 53.6 Å². The molecule has 106 valence electrons. The quantitative estimate of drug-likeness (QED) is 0.788. The summed E-state index contributed by atoms with van der Waals surface area (Å²) in [4.78, 5) is 0. The lowest BCUT2D eigenvalue weighted by atomic mass is 9.86. The van der Waals surface area contributed by atoms with Crippen molar-refractivity contribution in [3.8, 4) is 11.8 Å². The van der Waals surface area contributed by atoms with Gasteiger partial charge in [0, 0.05) is 5.56 Å². The van der Waals surface area contributed by atoms with Gasteiger partial charge in [0.25, 0.3) is 0 Å². The first-order chi connectivity index (χ1) is 9.90. The van der Waals surface area contributed by atoms with Crippen LogP contribution in [0.1, 0.15) is 31.9 Å². The molecule has 0 saturated carbocycles. The fourth-order valence-electron chi connectivity index (χ4n) is 1.91. The largest absolute Gasteiger partial charge is 0.508 e. The van der Waals surface area contributed by atoms with Gasteiger partial charge in [0.1, 0.15) is 5.75 Å². The minimum absolute atomic E-state index is 0.163. The molecule has 0 atom stereocenters. The molecule has 0 aromatic heterocycles. The summed E-state index contributed by atoms with van der Waals surface area (Å²) in [5.41, 5.74) is 2.62. The van der Waals surface area contributed by atoms with Crippen molar-refractivity contribution in [2.24, 2.45) is 10.2 Å². The lowest BCUT2D eigenvalue weighted by Gasteiger charge is -2.20. The third kappa shape index (κ3) is 3.67. The summed E-state index contributed by atoms with van der Waals surface area (Å²) in [6.07, 6.45) is 0. The first-order valence-corrected chi connectivity index (χ1v) is 6.65. The van der Waals surface area contributed by atoms with E-state index in [1.165, 1.54) is 0 Å². The second kappa shape index (κ2) is 5.76. The van der Waals surface area contributed by atoms with E-state index in [0.717, 1.165) is 5.56 Å². The second-order valence-electron chi connectivity index (χ2n) is 5.81. The summed E-state index contributed by atoms with van der Waals surface area (Å²) in [6, 6.07) is 14.1. The average Bonchev–Trinajstić information content (AvgIpc) is 2.45. The molecule has 2 rings (SSSR count). The van der Waals surface area contributed by atoms with Crippen LogP contribution in [0.5, 0.6) is 5.75 Å². The van der Waals surface area contributed by atoms with E-state index in [1.54, 1.807) is 36.4 Å². The molecule has 0 radical (unpaired) electrons. The minimum Gasteiger partial charge on any atom is -0.508 e. The number of nitrogens with zero attached hydrogens (tertiary/aromatic N) is 3. The number of hydrogen-bond donors (Lipinski definition) is 1. The molecule has 0 saturated heterocycles. The van der Waals surface area contributed by atoms with Crippen molar-refractivity contribution < 1.29 is 5.11 Å². The van der Waals surface area contributed by atoms with Crippen LogP contribution in [0, 0.1) is 11.3 Å². The van der Waals surface area contributed by atoms with Gasteiger partial charge in [-0.25, -0.2) is 0 Å². The van der Waals surface area contributed by atoms with Crippen LogP contribution >= 0.6 is 0 Å². The van der Waals surface area contributed by atoms with Gasteiger partial charge in [-0.3, -0.25) is 0 Å². The predicted octanol–water partition coefficient (Wildman–Crippen LogP) is 4.98. The topological polar surface area (TPSA) is 68.7 Å². The zero-order valence-electron chi connectivity index (χ0n) is 12.3. The Morgan fingerprint density at radius 3 is 2.10 bits per heavy atom. The Balaban J connectivity index is 2.27. The Bertz CT molecular complexity index is 704. The van der Waals surface area contributed by atoms with E-state index in [0.29, 0.717) is 16.9 Å². The molecule has 4 nitrogen and oxygen atoms in total. The molecule has 0 heterocycles. The van der Waals surface area contributed by atoms with E-state index in [4.69, 9.17) is 5.26 Å². The van der Waals surface area contributed by atoms with Crippen LogP contribution in [0.15, 0.2) is 52.7 Å². The van der Waals surface area contributed by atoms with E-state index < -0.39 is 0 Å². The monoisotopic (exact) mass is 279 g/mol. The second-order valence-corrected chi connectivity index (χ2v) is 5.81. The Kier molecular flexibility index (Phi) is 4.04. The normalized spacial score (nSPS) is 11.5. The number of nitriles is 1. The van der Waals surface area contributed by atoms with Crippen LogP contribution in [0.4, 0.5) is 11.4 Å². The van der Waals surface area contributed by atoms with Crippen LogP contribution in [-0.2, 0) is 5.41 Å². The summed E-state index contributed by atoms with van der Waals surface area (Å²) in [6.45, 7) is 6.09. The van der Waals surface area contributed by atoms with Gasteiger partial charge in [-0.1, -0.05) is 20.8 Å². The highest BCUT2D eigenvalue weighted by Gasteiger charge is 2.18. The van der Waals surface area contributed by atoms with Gasteiger partial charge in [-0.15, -0.1) is 0 Å². The fourth-order valence-corrected chi connectivity index (χ4v) is 1.91. The molecule has 0 unspecified atom stereocenters. The van der Waals surface area contributed by atoms with Crippen molar-refractivity contribution in [2.45, 2.75) is 26.2 Å². The summed E-state index contributed by atoms with van der Waals surface area (Å²) in [5, 5.41) is 27.0. The molecule has 0 amide bonds. The van der Waals surface area contributed by atoms with Gasteiger partial charge in [0.05, 0.1) is 23.0 Å². The van der Waals surface area contributed by atoms with E-state index in [1.807, 2.05) is 26.8 Å². The molecule has 2 aromatic carbocycles. The van der Waals surface area contributed by atoms with Crippen LogP contribution < -0.4 is 0 Å². The zero-order chi connectivity index (χ0) is 15.5. The van der Waals surface area contributed by atoms with Crippen molar-refractivity contribution in [1.82, 2.24) is 0 Å². The number of phenolic OH excluding ortho intramolecular Hbond substituents is 1. The van der Waals surface area contributed by atoms with Gasteiger partial charge in [-0.05, 0) is 47.9 Å². The van der Waals surface area contributed by atoms with E-state index in [9.17, 15) is 5.11 Å². The van der Waals surface area contributed by atoms with Crippen molar-refractivity contribution >= 4 is 11.4 Å². The maximum absolute atomic E-state index is 9.91. The molecule has 0 fully saturated rings.